The van der Waals surface area contributed by atoms with Gasteiger partial charge in [0.15, 0.2) is 0 Å². The van der Waals surface area contributed by atoms with Crippen molar-refractivity contribution in [2.45, 2.75) is 18.3 Å². The molecular formula is C13H9Cl2NO2. The molecular weight excluding hydrogens is 273 g/mol. The number of hydrogen-bond donors (Lipinski definition) is 0. The van der Waals surface area contributed by atoms with Gasteiger partial charge in [-0.15, -0.1) is 0 Å². The zero-order valence-electron chi connectivity index (χ0n) is 9.32. The molecule has 0 radical (unpaired) electrons. The molecule has 0 N–H and O–H groups in total. The number of nitriles is 1. The van der Waals surface area contributed by atoms with Crippen LogP contribution < -0.4 is 0 Å². The third kappa shape index (κ3) is 2.35. The highest BCUT2D eigenvalue weighted by Gasteiger charge is 2.32. The van der Waals surface area contributed by atoms with E-state index in [1.165, 1.54) is 6.26 Å². The van der Waals surface area contributed by atoms with Gasteiger partial charge in [-0.1, -0.05) is 29.3 Å². The number of hydrogen-bond acceptors (Lipinski definition) is 3. The van der Waals surface area contributed by atoms with E-state index in [9.17, 15) is 10.1 Å². The van der Waals surface area contributed by atoms with Gasteiger partial charge in [0, 0.05) is 6.42 Å². The summed E-state index contributed by atoms with van der Waals surface area (Å²) in [6, 6.07) is 7.24. The average molecular weight is 282 g/mol. The zero-order chi connectivity index (χ0) is 13.2. The standard InChI is InChI=1S/C13H9Cl2NO2/c14-10-2-1-9(7-11(10)15)13(8-16)4-3-12(17)18-6-5-13/h1-2,5-7H,3-4H2. The fourth-order valence-corrected chi connectivity index (χ4v) is 2.14. The van der Waals surface area contributed by atoms with Crippen LogP contribution >= 0.6 is 23.2 Å². The molecule has 5 heteroatoms. The van der Waals surface area contributed by atoms with Crippen LogP contribution in [-0.4, -0.2) is 5.97 Å². The molecule has 1 aliphatic heterocycles. The molecule has 1 heterocycles. The van der Waals surface area contributed by atoms with Crippen molar-refractivity contribution in [1.29, 1.82) is 5.26 Å². The number of ether oxygens (including phenoxy) is 1. The summed E-state index contributed by atoms with van der Waals surface area (Å²) >= 11 is 11.8. The monoisotopic (exact) mass is 281 g/mol. The van der Waals surface area contributed by atoms with Gasteiger partial charge < -0.3 is 4.74 Å². The van der Waals surface area contributed by atoms with Crippen LogP contribution in [0.15, 0.2) is 30.5 Å². The second kappa shape index (κ2) is 5.01. The number of carbonyl (C=O) groups is 1. The van der Waals surface area contributed by atoms with Crippen molar-refractivity contribution in [3.05, 3.63) is 46.1 Å². The van der Waals surface area contributed by atoms with Crippen LogP contribution in [0.3, 0.4) is 0 Å². The summed E-state index contributed by atoms with van der Waals surface area (Å²) in [5, 5.41) is 10.2. The molecule has 18 heavy (non-hydrogen) atoms. The van der Waals surface area contributed by atoms with E-state index in [1.54, 1.807) is 24.3 Å². The van der Waals surface area contributed by atoms with Crippen molar-refractivity contribution in [1.82, 2.24) is 0 Å². The Morgan fingerprint density at radius 2 is 2.11 bits per heavy atom. The number of carbonyl (C=O) groups excluding carboxylic acids is 1. The third-order valence-electron chi connectivity index (χ3n) is 2.91. The number of benzene rings is 1. The summed E-state index contributed by atoms with van der Waals surface area (Å²) in [7, 11) is 0. The molecule has 1 aromatic carbocycles. The van der Waals surface area contributed by atoms with Crippen LogP contribution in [0, 0.1) is 11.3 Å². The van der Waals surface area contributed by atoms with E-state index < -0.39 is 5.41 Å². The molecule has 92 valence electrons. The first kappa shape index (κ1) is 12.9. The minimum Gasteiger partial charge on any atom is -0.435 e. The van der Waals surface area contributed by atoms with E-state index in [0.717, 1.165) is 0 Å². The Kier molecular flexibility index (Phi) is 3.60. The Labute approximate surface area is 115 Å². The molecule has 0 aromatic heterocycles. The lowest BCUT2D eigenvalue weighted by atomic mass is 9.78. The lowest BCUT2D eigenvalue weighted by Gasteiger charge is -2.21. The smallest absolute Gasteiger partial charge is 0.310 e. The van der Waals surface area contributed by atoms with Crippen molar-refractivity contribution in [2.24, 2.45) is 0 Å². The van der Waals surface area contributed by atoms with Crippen LogP contribution in [0.1, 0.15) is 18.4 Å². The third-order valence-corrected chi connectivity index (χ3v) is 3.65. The summed E-state index contributed by atoms with van der Waals surface area (Å²) in [4.78, 5) is 11.2. The summed E-state index contributed by atoms with van der Waals surface area (Å²) < 4.78 is 4.81. The highest BCUT2D eigenvalue weighted by molar-refractivity contribution is 6.42. The van der Waals surface area contributed by atoms with E-state index in [4.69, 9.17) is 27.9 Å². The highest BCUT2D eigenvalue weighted by Crippen LogP contribution is 2.35. The van der Waals surface area contributed by atoms with Crippen LogP contribution in [0.4, 0.5) is 0 Å². The number of nitrogens with zero attached hydrogens (tertiary/aromatic N) is 1. The Hall–Kier alpha value is -1.50. The van der Waals surface area contributed by atoms with E-state index in [2.05, 4.69) is 6.07 Å². The van der Waals surface area contributed by atoms with E-state index >= 15 is 0 Å². The van der Waals surface area contributed by atoms with Crippen molar-refractivity contribution >= 4 is 29.2 Å². The highest BCUT2D eigenvalue weighted by atomic mass is 35.5. The van der Waals surface area contributed by atoms with Gasteiger partial charge in [0.05, 0.1) is 22.4 Å². The number of halogens is 2. The first-order valence-corrected chi connectivity index (χ1v) is 6.07. The zero-order valence-corrected chi connectivity index (χ0v) is 10.8. The SMILES string of the molecule is N#CC1(c2ccc(Cl)c(Cl)c2)C=COC(=O)CC1. The van der Waals surface area contributed by atoms with Gasteiger partial charge in [0.2, 0.25) is 0 Å². The van der Waals surface area contributed by atoms with Crippen LogP contribution in [0.5, 0.6) is 0 Å². The Morgan fingerprint density at radius 1 is 1.33 bits per heavy atom. The summed E-state index contributed by atoms with van der Waals surface area (Å²) in [5.41, 5.74) is -0.200. The van der Waals surface area contributed by atoms with Crippen molar-refractivity contribution in [3.8, 4) is 6.07 Å². The molecule has 0 amide bonds. The topological polar surface area (TPSA) is 50.1 Å². The van der Waals surface area contributed by atoms with Crippen molar-refractivity contribution < 1.29 is 9.53 Å². The summed E-state index contributed by atoms with van der Waals surface area (Å²) in [6.45, 7) is 0. The largest absolute Gasteiger partial charge is 0.435 e. The van der Waals surface area contributed by atoms with Gasteiger partial charge >= 0.3 is 5.97 Å². The molecule has 0 saturated carbocycles. The Balaban J connectivity index is 2.47. The molecule has 1 aromatic rings. The van der Waals surface area contributed by atoms with Crippen LogP contribution in [-0.2, 0) is 14.9 Å². The van der Waals surface area contributed by atoms with Crippen molar-refractivity contribution in [2.75, 3.05) is 0 Å². The maximum atomic E-state index is 11.2. The van der Waals surface area contributed by atoms with Gasteiger partial charge in [-0.2, -0.15) is 5.26 Å². The minimum absolute atomic E-state index is 0.181. The fraction of sp³-hybridized carbons (Fsp3) is 0.231. The maximum absolute atomic E-state index is 11.2. The molecule has 0 spiro atoms. The van der Waals surface area contributed by atoms with Gasteiger partial charge in [-0.25, -0.2) is 0 Å². The molecule has 1 atom stereocenters. The van der Waals surface area contributed by atoms with E-state index in [0.29, 0.717) is 22.0 Å². The molecule has 3 nitrogen and oxygen atoms in total. The van der Waals surface area contributed by atoms with E-state index in [-0.39, 0.29) is 12.4 Å². The molecule has 1 aliphatic rings. The molecule has 1 unspecified atom stereocenters. The Bertz CT molecular complexity index is 563. The average Bonchev–Trinajstić information content (AvgIpc) is 2.56. The molecule has 0 bridgehead atoms. The molecule has 2 rings (SSSR count). The van der Waals surface area contributed by atoms with Gasteiger partial charge in [-0.3, -0.25) is 4.79 Å². The number of cyclic esters (lactones) is 1. The van der Waals surface area contributed by atoms with Crippen molar-refractivity contribution in [3.63, 3.8) is 0 Å². The molecule has 0 fully saturated rings. The minimum atomic E-state index is -0.902. The normalized spacial score (nSPS) is 23.1. The predicted octanol–water partition coefficient (Wildman–Crippen LogP) is 3.61. The summed E-state index contributed by atoms with van der Waals surface area (Å²) in [5.74, 6) is -0.344. The second-order valence-corrected chi connectivity index (χ2v) is 4.82. The van der Waals surface area contributed by atoms with Gasteiger partial charge in [-0.05, 0) is 30.2 Å². The first-order valence-electron chi connectivity index (χ1n) is 5.31. The Morgan fingerprint density at radius 3 is 2.78 bits per heavy atom. The second-order valence-electron chi connectivity index (χ2n) is 4.00. The summed E-state index contributed by atoms with van der Waals surface area (Å²) in [6.07, 6.45) is 3.39. The predicted molar refractivity (Wildman–Crippen MR) is 68.2 cm³/mol. The van der Waals surface area contributed by atoms with Gasteiger partial charge in [0.1, 0.15) is 5.41 Å². The first-order chi connectivity index (χ1) is 8.57. The fourth-order valence-electron chi connectivity index (χ4n) is 1.84. The van der Waals surface area contributed by atoms with Crippen LogP contribution in [0.2, 0.25) is 10.0 Å². The van der Waals surface area contributed by atoms with Crippen LogP contribution in [0.25, 0.3) is 0 Å². The quantitative estimate of drug-likeness (QED) is 0.739. The number of esters is 1. The maximum Gasteiger partial charge on any atom is 0.310 e. The molecule has 0 saturated heterocycles. The van der Waals surface area contributed by atoms with Gasteiger partial charge in [0.25, 0.3) is 0 Å². The lowest BCUT2D eigenvalue weighted by molar-refractivity contribution is -0.137. The molecule has 0 aliphatic carbocycles. The van der Waals surface area contributed by atoms with E-state index in [1.807, 2.05) is 0 Å². The lowest BCUT2D eigenvalue weighted by Crippen LogP contribution is -2.21. The number of rotatable bonds is 1. The number of allylic oxidation sites excluding steroid dienone is 1.